The number of hydrogen-bond acceptors (Lipinski definition) is 7. The monoisotopic (exact) mass is 313 g/mol. The van der Waals surface area contributed by atoms with Crippen LogP contribution in [0, 0.1) is 0 Å². The number of anilines is 2. The van der Waals surface area contributed by atoms with Gasteiger partial charge in [-0.1, -0.05) is 0 Å². The van der Waals surface area contributed by atoms with Gasteiger partial charge in [0.05, 0.1) is 19.3 Å². The Morgan fingerprint density at radius 1 is 1.14 bits per heavy atom. The molecule has 2 fully saturated rings. The van der Waals surface area contributed by atoms with Crippen molar-refractivity contribution in [2.24, 2.45) is 0 Å². The van der Waals surface area contributed by atoms with Crippen LogP contribution in [-0.2, 0) is 9.47 Å². The van der Waals surface area contributed by atoms with Gasteiger partial charge in [-0.2, -0.15) is 15.0 Å². The Kier molecular flexibility index (Phi) is 5.05. The summed E-state index contributed by atoms with van der Waals surface area (Å²) in [5.41, 5.74) is 0. The van der Waals surface area contributed by atoms with Crippen LogP contribution in [-0.4, -0.2) is 60.5 Å². The number of aromatic nitrogens is 3. The third kappa shape index (κ3) is 4.15. The van der Waals surface area contributed by atoms with Gasteiger partial charge in [0.15, 0.2) is 0 Å². The van der Waals surface area contributed by atoms with Crippen LogP contribution in [0.4, 0.5) is 11.9 Å². The van der Waals surface area contributed by atoms with Gasteiger partial charge in [-0.25, -0.2) is 0 Å². The quantitative estimate of drug-likeness (QED) is 0.899. The molecule has 0 saturated carbocycles. The van der Waals surface area contributed by atoms with Crippen LogP contribution in [0.1, 0.15) is 19.3 Å². The highest BCUT2D eigenvalue weighted by Crippen LogP contribution is 2.16. The lowest BCUT2D eigenvalue weighted by atomic mass is 10.1. The van der Waals surface area contributed by atoms with Crippen LogP contribution in [0.25, 0.3) is 0 Å². The summed E-state index contributed by atoms with van der Waals surface area (Å²) >= 11 is 6.00. The predicted molar refractivity (Wildman–Crippen MR) is 79.9 cm³/mol. The maximum Gasteiger partial charge on any atom is 0.231 e. The Morgan fingerprint density at radius 2 is 2.00 bits per heavy atom. The van der Waals surface area contributed by atoms with Crippen molar-refractivity contribution in [3.8, 4) is 0 Å². The zero-order valence-corrected chi connectivity index (χ0v) is 12.7. The third-order valence-electron chi connectivity index (χ3n) is 3.65. The van der Waals surface area contributed by atoms with E-state index in [1.165, 1.54) is 6.42 Å². The number of nitrogens with zero attached hydrogens (tertiary/aromatic N) is 4. The van der Waals surface area contributed by atoms with Crippen LogP contribution in [0.2, 0.25) is 5.28 Å². The molecule has 1 aromatic heterocycles. The molecule has 7 nitrogen and oxygen atoms in total. The van der Waals surface area contributed by atoms with E-state index >= 15 is 0 Å². The zero-order chi connectivity index (χ0) is 14.5. The summed E-state index contributed by atoms with van der Waals surface area (Å²) in [5.74, 6) is 1.11. The molecule has 1 N–H and O–H groups in total. The number of halogens is 1. The standard InChI is InChI=1S/C13H20ClN5O2/c14-11-16-12(15-9-10-3-1-2-6-21-10)18-13(17-11)19-4-7-20-8-5-19/h10H,1-9H2,(H,15,16,17,18). The molecule has 2 saturated heterocycles. The molecule has 3 rings (SSSR count). The van der Waals surface area contributed by atoms with Gasteiger partial charge in [0, 0.05) is 26.2 Å². The van der Waals surface area contributed by atoms with Crippen molar-refractivity contribution in [1.29, 1.82) is 0 Å². The SMILES string of the molecule is Clc1nc(NCC2CCCCO2)nc(N2CCOCC2)n1. The largest absolute Gasteiger partial charge is 0.378 e. The Bertz CT molecular complexity index is 464. The summed E-state index contributed by atoms with van der Waals surface area (Å²) in [6, 6.07) is 0. The third-order valence-corrected chi connectivity index (χ3v) is 3.82. The van der Waals surface area contributed by atoms with E-state index in [9.17, 15) is 0 Å². The lowest BCUT2D eigenvalue weighted by molar-refractivity contribution is 0.0246. The van der Waals surface area contributed by atoms with Crippen molar-refractivity contribution < 1.29 is 9.47 Å². The van der Waals surface area contributed by atoms with E-state index in [1.807, 2.05) is 0 Å². The second-order valence-corrected chi connectivity index (χ2v) is 5.54. The fourth-order valence-electron chi connectivity index (χ4n) is 2.50. The van der Waals surface area contributed by atoms with E-state index in [0.717, 1.165) is 32.5 Å². The molecule has 0 amide bonds. The molecule has 1 atom stereocenters. The van der Waals surface area contributed by atoms with E-state index in [2.05, 4.69) is 25.2 Å². The predicted octanol–water partition coefficient (Wildman–Crippen LogP) is 1.34. The average Bonchev–Trinajstić information content (AvgIpc) is 2.54. The maximum atomic E-state index is 6.00. The molecule has 0 aromatic carbocycles. The first-order valence-electron chi connectivity index (χ1n) is 7.41. The Hall–Kier alpha value is -1.18. The van der Waals surface area contributed by atoms with Gasteiger partial charge < -0.3 is 19.7 Å². The van der Waals surface area contributed by atoms with Crippen molar-refractivity contribution in [3.63, 3.8) is 0 Å². The van der Waals surface area contributed by atoms with E-state index < -0.39 is 0 Å². The van der Waals surface area contributed by atoms with Crippen molar-refractivity contribution in [3.05, 3.63) is 5.28 Å². The second kappa shape index (κ2) is 7.20. The van der Waals surface area contributed by atoms with E-state index in [4.69, 9.17) is 21.1 Å². The first-order valence-corrected chi connectivity index (χ1v) is 7.79. The Balaban J connectivity index is 1.62. The Morgan fingerprint density at radius 3 is 2.76 bits per heavy atom. The number of rotatable bonds is 4. The fraction of sp³-hybridized carbons (Fsp3) is 0.769. The first-order chi connectivity index (χ1) is 10.3. The molecule has 0 bridgehead atoms. The molecule has 21 heavy (non-hydrogen) atoms. The number of morpholine rings is 1. The maximum absolute atomic E-state index is 6.00. The number of hydrogen-bond donors (Lipinski definition) is 1. The van der Waals surface area contributed by atoms with Crippen LogP contribution in [0.15, 0.2) is 0 Å². The molecule has 2 aliphatic rings. The Labute approximate surface area is 129 Å². The molecule has 3 heterocycles. The van der Waals surface area contributed by atoms with Crippen molar-refractivity contribution in [2.45, 2.75) is 25.4 Å². The topological polar surface area (TPSA) is 72.4 Å². The summed E-state index contributed by atoms with van der Waals surface area (Å²) < 4.78 is 11.0. The normalized spacial score (nSPS) is 23.1. The van der Waals surface area contributed by atoms with Crippen molar-refractivity contribution in [1.82, 2.24) is 15.0 Å². The van der Waals surface area contributed by atoms with Crippen molar-refractivity contribution >= 4 is 23.5 Å². The van der Waals surface area contributed by atoms with Crippen LogP contribution < -0.4 is 10.2 Å². The van der Waals surface area contributed by atoms with Crippen LogP contribution in [0.3, 0.4) is 0 Å². The van der Waals surface area contributed by atoms with Gasteiger partial charge in [-0.05, 0) is 30.9 Å². The summed E-state index contributed by atoms with van der Waals surface area (Å²) in [5, 5.41) is 3.41. The molecule has 0 spiro atoms. The molecule has 1 unspecified atom stereocenters. The van der Waals surface area contributed by atoms with Gasteiger partial charge >= 0.3 is 0 Å². The van der Waals surface area contributed by atoms with Gasteiger partial charge in [0.2, 0.25) is 17.2 Å². The molecular formula is C13H20ClN5O2. The van der Waals surface area contributed by atoms with Crippen molar-refractivity contribution in [2.75, 3.05) is 49.7 Å². The van der Waals surface area contributed by atoms with Gasteiger partial charge in [-0.3, -0.25) is 0 Å². The van der Waals surface area contributed by atoms with Gasteiger partial charge in [-0.15, -0.1) is 0 Å². The molecule has 1 aromatic rings. The molecular weight excluding hydrogens is 294 g/mol. The highest BCUT2D eigenvalue weighted by Gasteiger charge is 2.17. The molecule has 0 aliphatic carbocycles. The van der Waals surface area contributed by atoms with Gasteiger partial charge in [0.1, 0.15) is 0 Å². The highest BCUT2D eigenvalue weighted by atomic mass is 35.5. The first kappa shape index (κ1) is 14.7. The number of ether oxygens (including phenoxy) is 2. The highest BCUT2D eigenvalue weighted by molar-refractivity contribution is 6.28. The fourth-order valence-corrected chi connectivity index (χ4v) is 2.65. The number of nitrogens with one attached hydrogen (secondary N) is 1. The summed E-state index contributed by atoms with van der Waals surface area (Å²) in [6.45, 7) is 4.44. The molecule has 116 valence electrons. The minimum absolute atomic E-state index is 0.207. The van der Waals surface area contributed by atoms with Crippen LogP contribution >= 0.6 is 11.6 Å². The zero-order valence-electron chi connectivity index (χ0n) is 11.9. The summed E-state index contributed by atoms with van der Waals surface area (Å²) in [4.78, 5) is 14.8. The summed E-state index contributed by atoms with van der Waals surface area (Å²) in [6.07, 6.45) is 3.65. The van der Waals surface area contributed by atoms with E-state index in [1.54, 1.807) is 0 Å². The molecule has 2 aliphatic heterocycles. The lowest BCUT2D eigenvalue weighted by Crippen LogP contribution is -2.37. The van der Waals surface area contributed by atoms with E-state index in [-0.39, 0.29) is 11.4 Å². The minimum Gasteiger partial charge on any atom is -0.378 e. The lowest BCUT2D eigenvalue weighted by Gasteiger charge is -2.27. The summed E-state index contributed by atoms with van der Waals surface area (Å²) in [7, 11) is 0. The molecule has 0 radical (unpaired) electrons. The van der Waals surface area contributed by atoms with Gasteiger partial charge in [0.25, 0.3) is 0 Å². The molecule has 8 heteroatoms. The average molecular weight is 314 g/mol. The van der Waals surface area contributed by atoms with E-state index in [0.29, 0.717) is 31.7 Å². The minimum atomic E-state index is 0.207. The second-order valence-electron chi connectivity index (χ2n) is 5.20. The smallest absolute Gasteiger partial charge is 0.231 e. The van der Waals surface area contributed by atoms with Crippen LogP contribution in [0.5, 0.6) is 0 Å².